The molecule has 0 aromatic heterocycles. The quantitative estimate of drug-likeness (QED) is 0.664. The highest BCUT2D eigenvalue weighted by Gasteiger charge is 2.51. The summed E-state index contributed by atoms with van der Waals surface area (Å²) < 4.78 is 0. The Bertz CT molecular complexity index is 1030. The average Bonchev–Trinajstić information content (AvgIpc) is 2.87. The van der Waals surface area contributed by atoms with Gasteiger partial charge in [0.05, 0.1) is 13.1 Å². The van der Waals surface area contributed by atoms with Crippen molar-refractivity contribution in [3.8, 4) is 0 Å². The summed E-state index contributed by atoms with van der Waals surface area (Å²) in [5, 5.41) is 6.44. The summed E-state index contributed by atoms with van der Waals surface area (Å²) in [6, 6.07) is 18.1. The zero-order valence-electron chi connectivity index (χ0n) is 20.8. The molecule has 2 atom stereocenters. The van der Waals surface area contributed by atoms with Gasteiger partial charge in [-0.1, -0.05) is 81.4 Å². The van der Waals surface area contributed by atoms with Crippen molar-refractivity contribution in [3.63, 3.8) is 0 Å². The van der Waals surface area contributed by atoms with E-state index in [1.807, 2.05) is 72.5 Å². The fourth-order valence-electron chi connectivity index (χ4n) is 4.78. The second kappa shape index (κ2) is 10.9. The van der Waals surface area contributed by atoms with Crippen LogP contribution in [-0.4, -0.2) is 70.0 Å². The third-order valence-electron chi connectivity index (χ3n) is 6.67. The number of carbonyl (C=O) groups is 3. The number of nitrogens with zero attached hydrogens (tertiary/aromatic N) is 4. The van der Waals surface area contributed by atoms with E-state index in [0.717, 1.165) is 17.5 Å². The first kappa shape index (κ1) is 24.7. The second-order valence-electron chi connectivity index (χ2n) is 9.53. The van der Waals surface area contributed by atoms with Crippen LogP contribution in [0, 0.1) is 5.92 Å². The smallest absolute Gasteiger partial charge is 0.334 e. The Morgan fingerprint density at radius 1 is 1.03 bits per heavy atom. The van der Waals surface area contributed by atoms with Crippen LogP contribution in [0.1, 0.15) is 44.4 Å². The second-order valence-corrected chi connectivity index (χ2v) is 9.53. The van der Waals surface area contributed by atoms with Gasteiger partial charge in [-0.05, 0) is 23.5 Å². The van der Waals surface area contributed by atoms with Gasteiger partial charge < -0.3 is 15.1 Å². The van der Waals surface area contributed by atoms with Crippen LogP contribution >= 0.6 is 0 Å². The minimum Gasteiger partial charge on any atom is -0.337 e. The van der Waals surface area contributed by atoms with Gasteiger partial charge in [-0.3, -0.25) is 9.59 Å². The zero-order valence-corrected chi connectivity index (χ0v) is 20.8. The van der Waals surface area contributed by atoms with E-state index in [1.54, 1.807) is 14.9 Å². The maximum Gasteiger partial charge on any atom is 0.334 e. The lowest BCUT2D eigenvalue weighted by Gasteiger charge is -2.55. The third kappa shape index (κ3) is 5.32. The molecule has 8 heteroatoms. The van der Waals surface area contributed by atoms with E-state index in [9.17, 15) is 14.4 Å². The molecular weight excluding hydrogens is 442 g/mol. The average molecular weight is 478 g/mol. The molecule has 2 saturated heterocycles. The minimum atomic E-state index is -0.752. The highest BCUT2D eigenvalue weighted by molar-refractivity contribution is 5.92. The molecule has 0 unspecified atom stereocenters. The van der Waals surface area contributed by atoms with Crippen molar-refractivity contribution >= 4 is 17.8 Å². The number of nitrogens with one attached hydrogen (secondary N) is 1. The van der Waals surface area contributed by atoms with Gasteiger partial charge >= 0.3 is 6.03 Å². The summed E-state index contributed by atoms with van der Waals surface area (Å²) in [6.45, 7) is 7.99. The van der Waals surface area contributed by atoms with Crippen LogP contribution in [0.4, 0.5) is 4.79 Å². The SMILES string of the molecule is CCN1CC(=O)N2[C@@H](c3ccccc3)C(=O)N(CCC(C)C)C[C@@H]2N1C(=O)NCc1ccccc1. The molecule has 4 amide bonds. The number of likely N-dealkylation sites (N-methyl/N-ethyl adjacent to an activating group) is 1. The number of carbonyl (C=O) groups excluding carboxylic acids is 3. The fourth-order valence-corrected chi connectivity index (χ4v) is 4.78. The molecule has 8 nitrogen and oxygen atoms in total. The molecule has 0 saturated carbocycles. The van der Waals surface area contributed by atoms with E-state index in [0.29, 0.717) is 25.6 Å². The molecule has 2 heterocycles. The lowest BCUT2D eigenvalue weighted by molar-refractivity contribution is -0.190. The first-order valence-corrected chi connectivity index (χ1v) is 12.4. The number of hydrazine groups is 1. The topological polar surface area (TPSA) is 76.2 Å². The minimum absolute atomic E-state index is 0.0500. The van der Waals surface area contributed by atoms with E-state index in [1.165, 1.54) is 0 Å². The molecule has 2 fully saturated rings. The van der Waals surface area contributed by atoms with Gasteiger partial charge in [0.25, 0.3) is 0 Å². The summed E-state index contributed by atoms with van der Waals surface area (Å²) in [7, 11) is 0. The monoisotopic (exact) mass is 477 g/mol. The zero-order chi connectivity index (χ0) is 24.9. The van der Waals surface area contributed by atoms with Crippen molar-refractivity contribution in [2.45, 2.75) is 45.9 Å². The standard InChI is InChI=1S/C27H35N5O3/c1-4-30-19-24(33)31-23(32(30)27(35)28-17-21-11-7-5-8-12-21)18-29(16-15-20(2)3)26(34)25(31)22-13-9-6-10-14-22/h5-14,20,23,25H,4,15-19H2,1-3H3,(H,28,35)/t23-,25-/m0/s1. The Morgan fingerprint density at radius 2 is 1.69 bits per heavy atom. The molecule has 0 bridgehead atoms. The fraction of sp³-hybridized carbons (Fsp3) is 0.444. The van der Waals surface area contributed by atoms with Gasteiger partial charge in [0.1, 0.15) is 12.2 Å². The van der Waals surface area contributed by atoms with Crippen molar-refractivity contribution in [1.29, 1.82) is 0 Å². The van der Waals surface area contributed by atoms with Crippen molar-refractivity contribution in [3.05, 3.63) is 71.8 Å². The number of fused-ring (bicyclic) bond motifs is 1. The van der Waals surface area contributed by atoms with Gasteiger partial charge in [-0.2, -0.15) is 0 Å². The van der Waals surface area contributed by atoms with Crippen LogP contribution < -0.4 is 5.32 Å². The van der Waals surface area contributed by atoms with E-state index < -0.39 is 12.2 Å². The Morgan fingerprint density at radius 3 is 2.31 bits per heavy atom. The third-order valence-corrected chi connectivity index (χ3v) is 6.67. The Balaban J connectivity index is 1.67. The number of hydrogen-bond acceptors (Lipinski definition) is 4. The van der Waals surface area contributed by atoms with Crippen LogP contribution in [0.15, 0.2) is 60.7 Å². The molecule has 35 heavy (non-hydrogen) atoms. The van der Waals surface area contributed by atoms with E-state index in [2.05, 4.69) is 19.2 Å². The molecule has 2 aromatic carbocycles. The van der Waals surface area contributed by atoms with Crippen LogP contribution in [0.2, 0.25) is 0 Å². The van der Waals surface area contributed by atoms with Gasteiger partial charge in [0, 0.05) is 19.6 Å². The predicted molar refractivity (Wildman–Crippen MR) is 134 cm³/mol. The van der Waals surface area contributed by atoms with E-state index in [4.69, 9.17) is 0 Å². The number of benzene rings is 2. The lowest BCUT2D eigenvalue weighted by atomic mass is 9.98. The molecule has 4 rings (SSSR count). The van der Waals surface area contributed by atoms with Gasteiger partial charge in [-0.15, -0.1) is 0 Å². The molecular formula is C27H35N5O3. The molecule has 2 aliphatic rings. The van der Waals surface area contributed by atoms with Crippen molar-refractivity contribution in [2.75, 3.05) is 26.2 Å². The lowest BCUT2D eigenvalue weighted by Crippen LogP contribution is -2.74. The first-order valence-electron chi connectivity index (χ1n) is 12.4. The molecule has 0 radical (unpaired) electrons. The number of rotatable bonds is 7. The number of hydrogen-bond donors (Lipinski definition) is 1. The van der Waals surface area contributed by atoms with Crippen molar-refractivity contribution in [1.82, 2.24) is 25.1 Å². The van der Waals surface area contributed by atoms with Crippen LogP contribution in [-0.2, 0) is 16.1 Å². The molecule has 1 N–H and O–H groups in total. The normalized spacial score (nSPS) is 20.9. The van der Waals surface area contributed by atoms with Crippen LogP contribution in [0.3, 0.4) is 0 Å². The summed E-state index contributed by atoms with van der Waals surface area (Å²) in [6.07, 6.45) is 0.271. The Kier molecular flexibility index (Phi) is 7.70. The Labute approximate surface area is 207 Å². The van der Waals surface area contributed by atoms with Crippen molar-refractivity contribution < 1.29 is 14.4 Å². The maximum absolute atomic E-state index is 13.7. The molecule has 2 aromatic rings. The molecule has 186 valence electrons. The van der Waals surface area contributed by atoms with E-state index in [-0.39, 0.29) is 30.9 Å². The summed E-state index contributed by atoms with van der Waals surface area (Å²) in [4.78, 5) is 44.1. The van der Waals surface area contributed by atoms with E-state index >= 15 is 0 Å². The molecule has 2 aliphatic heterocycles. The highest BCUT2D eigenvalue weighted by atomic mass is 16.2. The van der Waals surface area contributed by atoms with Gasteiger partial charge in [-0.25, -0.2) is 14.8 Å². The summed E-state index contributed by atoms with van der Waals surface area (Å²) in [5.74, 6) is 0.201. The Hall–Kier alpha value is -3.39. The maximum atomic E-state index is 13.7. The number of urea groups is 1. The highest BCUT2D eigenvalue weighted by Crippen LogP contribution is 2.35. The summed E-state index contributed by atoms with van der Waals surface area (Å²) in [5.41, 5.74) is 1.76. The van der Waals surface area contributed by atoms with Gasteiger partial charge in [0.15, 0.2) is 0 Å². The molecule has 0 spiro atoms. The first-order chi connectivity index (χ1) is 16.9. The number of piperazine rings is 1. The van der Waals surface area contributed by atoms with Crippen LogP contribution in [0.25, 0.3) is 0 Å². The largest absolute Gasteiger partial charge is 0.337 e. The van der Waals surface area contributed by atoms with Crippen LogP contribution in [0.5, 0.6) is 0 Å². The van der Waals surface area contributed by atoms with Crippen molar-refractivity contribution in [2.24, 2.45) is 5.92 Å². The predicted octanol–water partition coefficient (Wildman–Crippen LogP) is 3.23. The summed E-state index contributed by atoms with van der Waals surface area (Å²) >= 11 is 0. The number of amides is 4. The molecule has 0 aliphatic carbocycles. The van der Waals surface area contributed by atoms with Gasteiger partial charge in [0.2, 0.25) is 11.8 Å².